The number of nitrogens with zero attached hydrogens (tertiary/aromatic N) is 1. The predicted octanol–water partition coefficient (Wildman–Crippen LogP) is 3.12. The zero-order valence-electron chi connectivity index (χ0n) is 12.9. The monoisotopic (exact) mass is 384 g/mol. The van der Waals surface area contributed by atoms with Crippen molar-refractivity contribution in [2.24, 2.45) is 0 Å². The quantitative estimate of drug-likeness (QED) is 0.861. The topological polar surface area (TPSA) is 66.5 Å². The van der Waals surface area contributed by atoms with Crippen molar-refractivity contribution in [2.45, 2.75) is 23.6 Å². The molecule has 0 bridgehead atoms. The van der Waals surface area contributed by atoms with Crippen molar-refractivity contribution in [2.75, 3.05) is 13.1 Å². The largest absolute Gasteiger partial charge is 0.338 e. The van der Waals surface area contributed by atoms with Crippen molar-refractivity contribution in [1.82, 2.24) is 9.62 Å². The van der Waals surface area contributed by atoms with Gasteiger partial charge in [-0.3, -0.25) is 4.79 Å². The molecule has 24 heavy (non-hydrogen) atoms. The summed E-state index contributed by atoms with van der Waals surface area (Å²) in [6.45, 7) is 1.59. The van der Waals surface area contributed by atoms with Gasteiger partial charge in [0.25, 0.3) is 5.91 Å². The molecule has 0 aliphatic carbocycles. The standard InChI is InChI=1S/C16H17ClN2O3S2/c17-13-6-2-1-5-12(13)11-18-24(21,22)15-8-7-14(23-15)16(20)19-9-3-4-10-19/h1-2,5-8,18H,3-4,9-11H2. The molecular formula is C16H17ClN2O3S2. The number of nitrogens with one attached hydrogen (secondary N) is 1. The molecule has 1 amide bonds. The Balaban J connectivity index is 1.71. The first-order valence-corrected chi connectivity index (χ1v) is 10.3. The van der Waals surface area contributed by atoms with Crippen molar-refractivity contribution >= 4 is 38.9 Å². The summed E-state index contributed by atoms with van der Waals surface area (Å²) in [7, 11) is -3.67. The minimum atomic E-state index is -3.67. The van der Waals surface area contributed by atoms with Gasteiger partial charge in [0, 0.05) is 24.7 Å². The molecule has 3 rings (SSSR count). The number of amides is 1. The second-order valence-electron chi connectivity index (χ2n) is 5.53. The van der Waals surface area contributed by atoms with Gasteiger partial charge in [-0.2, -0.15) is 0 Å². The van der Waals surface area contributed by atoms with Gasteiger partial charge < -0.3 is 4.90 Å². The zero-order valence-corrected chi connectivity index (χ0v) is 15.3. The van der Waals surface area contributed by atoms with Crippen molar-refractivity contribution in [3.63, 3.8) is 0 Å². The number of carbonyl (C=O) groups is 1. The van der Waals surface area contributed by atoms with Crippen LogP contribution in [0.4, 0.5) is 0 Å². The van der Waals surface area contributed by atoms with Gasteiger partial charge in [-0.25, -0.2) is 13.1 Å². The number of halogens is 1. The molecule has 1 fully saturated rings. The predicted molar refractivity (Wildman–Crippen MR) is 94.9 cm³/mol. The van der Waals surface area contributed by atoms with Crippen molar-refractivity contribution in [3.8, 4) is 0 Å². The molecule has 0 unspecified atom stereocenters. The lowest BCUT2D eigenvalue weighted by Gasteiger charge is -2.13. The smallest absolute Gasteiger partial charge is 0.263 e. The number of carbonyl (C=O) groups excluding carboxylic acids is 1. The molecule has 1 aromatic carbocycles. The van der Waals surface area contributed by atoms with Crippen LogP contribution in [0.5, 0.6) is 0 Å². The van der Waals surface area contributed by atoms with E-state index in [1.165, 1.54) is 6.07 Å². The van der Waals surface area contributed by atoms with Crippen LogP contribution in [0, 0.1) is 0 Å². The minimum absolute atomic E-state index is 0.0925. The minimum Gasteiger partial charge on any atom is -0.338 e. The van der Waals surface area contributed by atoms with E-state index in [1.54, 1.807) is 35.2 Å². The fraction of sp³-hybridized carbons (Fsp3) is 0.312. The molecule has 1 aliphatic rings. The van der Waals surface area contributed by atoms with E-state index < -0.39 is 10.0 Å². The summed E-state index contributed by atoms with van der Waals surface area (Å²) in [6, 6.07) is 10.1. The lowest BCUT2D eigenvalue weighted by molar-refractivity contribution is 0.0797. The highest BCUT2D eigenvalue weighted by Crippen LogP contribution is 2.25. The molecule has 0 saturated carbocycles. The van der Waals surface area contributed by atoms with Gasteiger partial charge in [0.2, 0.25) is 10.0 Å². The Labute approximate surface area is 150 Å². The van der Waals surface area contributed by atoms with E-state index in [0.29, 0.717) is 15.5 Å². The molecule has 8 heteroatoms. The average molecular weight is 385 g/mol. The van der Waals surface area contributed by atoms with Crippen LogP contribution in [-0.2, 0) is 16.6 Å². The lowest BCUT2D eigenvalue weighted by Crippen LogP contribution is -2.26. The molecule has 1 aromatic heterocycles. The van der Waals surface area contributed by atoms with E-state index in [4.69, 9.17) is 11.6 Å². The Bertz CT molecular complexity index is 843. The van der Waals surface area contributed by atoms with Crippen molar-refractivity contribution in [3.05, 3.63) is 51.9 Å². The van der Waals surface area contributed by atoms with Crippen LogP contribution in [0.2, 0.25) is 5.02 Å². The lowest BCUT2D eigenvalue weighted by atomic mass is 10.2. The van der Waals surface area contributed by atoms with Gasteiger partial charge in [-0.05, 0) is 36.6 Å². The van der Waals surface area contributed by atoms with Crippen molar-refractivity contribution in [1.29, 1.82) is 0 Å². The Hall–Kier alpha value is -1.41. The van der Waals surface area contributed by atoms with Crippen LogP contribution in [-0.4, -0.2) is 32.3 Å². The molecule has 1 saturated heterocycles. The summed E-state index contributed by atoms with van der Waals surface area (Å²) in [5.41, 5.74) is 0.702. The molecule has 0 atom stereocenters. The normalized spacial score (nSPS) is 15.0. The number of hydrogen-bond acceptors (Lipinski definition) is 4. The van der Waals surface area contributed by atoms with Gasteiger partial charge in [-0.1, -0.05) is 29.8 Å². The van der Waals surface area contributed by atoms with Crippen LogP contribution in [0.25, 0.3) is 0 Å². The molecular weight excluding hydrogens is 368 g/mol. The fourth-order valence-corrected chi connectivity index (χ4v) is 5.07. The highest BCUT2D eigenvalue weighted by Gasteiger charge is 2.24. The second kappa shape index (κ2) is 7.23. The first-order chi connectivity index (χ1) is 11.5. The number of rotatable bonds is 5. The molecule has 1 N–H and O–H groups in total. The molecule has 2 aromatic rings. The maximum Gasteiger partial charge on any atom is 0.263 e. The van der Waals surface area contributed by atoms with Gasteiger partial charge in [0.15, 0.2) is 0 Å². The van der Waals surface area contributed by atoms with Gasteiger partial charge in [0.1, 0.15) is 4.21 Å². The SMILES string of the molecule is O=C(c1ccc(S(=O)(=O)NCc2ccccc2Cl)s1)N1CCCC1. The van der Waals surface area contributed by atoms with E-state index in [0.717, 1.165) is 37.3 Å². The van der Waals surface area contributed by atoms with E-state index in [9.17, 15) is 13.2 Å². The third-order valence-electron chi connectivity index (χ3n) is 3.86. The Morgan fingerprint density at radius 3 is 2.58 bits per heavy atom. The highest BCUT2D eigenvalue weighted by atomic mass is 35.5. The first kappa shape index (κ1) is 17.4. The summed E-state index contributed by atoms with van der Waals surface area (Å²) in [6.07, 6.45) is 2.00. The molecule has 128 valence electrons. The summed E-state index contributed by atoms with van der Waals surface area (Å²) in [5, 5.41) is 0.510. The van der Waals surface area contributed by atoms with Gasteiger partial charge in [0.05, 0.1) is 4.88 Å². The molecule has 5 nitrogen and oxygen atoms in total. The summed E-state index contributed by atoms with van der Waals surface area (Å²) in [5.74, 6) is -0.0925. The number of sulfonamides is 1. The molecule has 2 heterocycles. The summed E-state index contributed by atoms with van der Waals surface area (Å²) < 4.78 is 27.5. The number of likely N-dealkylation sites (tertiary alicyclic amines) is 1. The number of hydrogen-bond donors (Lipinski definition) is 1. The number of benzene rings is 1. The van der Waals surface area contributed by atoms with E-state index in [-0.39, 0.29) is 16.7 Å². The van der Waals surface area contributed by atoms with Crippen molar-refractivity contribution < 1.29 is 13.2 Å². The third-order valence-corrected chi connectivity index (χ3v) is 7.20. The van der Waals surface area contributed by atoms with E-state index in [1.807, 2.05) is 0 Å². The van der Waals surface area contributed by atoms with Gasteiger partial charge >= 0.3 is 0 Å². The fourth-order valence-electron chi connectivity index (χ4n) is 2.54. The number of thiophene rings is 1. The second-order valence-corrected chi connectivity index (χ2v) is 9.02. The maximum absolute atomic E-state index is 12.4. The summed E-state index contributed by atoms with van der Waals surface area (Å²) in [4.78, 5) is 14.5. The summed E-state index contributed by atoms with van der Waals surface area (Å²) >= 11 is 7.03. The first-order valence-electron chi connectivity index (χ1n) is 7.59. The Morgan fingerprint density at radius 2 is 1.88 bits per heavy atom. The van der Waals surface area contributed by atoms with Crippen LogP contribution in [0.15, 0.2) is 40.6 Å². The van der Waals surface area contributed by atoms with Crippen LogP contribution in [0.1, 0.15) is 28.1 Å². The van der Waals surface area contributed by atoms with Crippen LogP contribution < -0.4 is 4.72 Å². The third kappa shape index (κ3) is 3.80. The van der Waals surface area contributed by atoms with E-state index in [2.05, 4.69) is 4.72 Å². The van der Waals surface area contributed by atoms with Gasteiger partial charge in [-0.15, -0.1) is 11.3 Å². The average Bonchev–Trinajstić information content (AvgIpc) is 3.25. The molecule has 0 radical (unpaired) electrons. The highest BCUT2D eigenvalue weighted by molar-refractivity contribution is 7.91. The zero-order chi connectivity index (χ0) is 17.2. The van der Waals surface area contributed by atoms with Crippen LogP contribution >= 0.6 is 22.9 Å². The Morgan fingerprint density at radius 1 is 1.17 bits per heavy atom. The van der Waals surface area contributed by atoms with E-state index >= 15 is 0 Å². The maximum atomic E-state index is 12.4. The van der Waals surface area contributed by atoms with Crippen LogP contribution in [0.3, 0.4) is 0 Å². The Kier molecular flexibility index (Phi) is 5.24. The molecule has 0 spiro atoms. The molecule has 1 aliphatic heterocycles.